The molecule has 0 spiro atoms. The van der Waals surface area contributed by atoms with E-state index in [2.05, 4.69) is 41.3 Å². The zero-order chi connectivity index (χ0) is 15.9. The van der Waals surface area contributed by atoms with Crippen LogP contribution in [0.1, 0.15) is 36.4 Å². The third-order valence-corrected chi connectivity index (χ3v) is 4.53. The number of nitrogens with zero attached hydrogens (tertiary/aromatic N) is 1. The first-order chi connectivity index (χ1) is 11.4. The van der Waals surface area contributed by atoms with E-state index in [1.807, 2.05) is 18.2 Å². The lowest BCUT2D eigenvalue weighted by Crippen LogP contribution is -2.27. The van der Waals surface area contributed by atoms with Gasteiger partial charge in [0.25, 0.3) is 0 Å². The van der Waals surface area contributed by atoms with Crippen LogP contribution in [0.4, 0.5) is 0 Å². The van der Waals surface area contributed by atoms with Crippen molar-refractivity contribution in [3.63, 3.8) is 0 Å². The summed E-state index contributed by atoms with van der Waals surface area (Å²) in [5.41, 5.74) is 8.37. The van der Waals surface area contributed by atoms with Crippen molar-refractivity contribution in [2.45, 2.75) is 31.9 Å². The molecule has 2 aromatic rings. The van der Waals surface area contributed by atoms with E-state index >= 15 is 0 Å². The third-order valence-electron chi connectivity index (χ3n) is 4.53. The molecule has 1 aliphatic rings. The van der Waals surface area contributed by atoms with Gasteiger partial charge in [-0.2, -0.15) is 0 Å². The van der Waals surface area contributed by atoms with Crippen molar-refractivity contribution in [1.29, 1.82) is 0 Å². The van der Waals surface area contributed by atoms with E-state index < -0.39 is 0 Å². The summed E-state index contributed by atoms with van der Waals surface area (Å²) in [4.78, 5) is 2.56. The molecule has 0 aromatic heterocycles. The first-order valence-corrected chi connectivity index (χ1v) is 8.57. The topological polar surface area (TPSA) is 38.5 Å². The molecular weight excluding hydrogens is 284 g/mol. The van der Waals surface area contributed by atoms with E-state index in [0.29, 0.717) is 12.6 Å². The summed E-state index contributed by atoms with van der Waals surface area (Å²) in [6, 6.07) is 19.3. The second kappa shape index (κ2) is 8.14. The summed E-state index contributed by atoms with van der Waals surface area (Å²) in [7, 11) is 0. The van der Waals surface area contributed by atoms with Gasteiger partial charge in [-0.25, -0.2) is 0 Å². The fraction of sp³-hybridized carbons (Fsp3) is 0.400. The van der Waals surface area contributed by atoms with Gasteiger partial charge in [0.05, 0.1) is 0 Å². The van der Waals surface area contributed by atoms with Gasteiger partial charge >= 0.3 is 0 Å². The number of nitrogens with two attached hydrogens (primary N) is 1. The molecule has 23 heavy (non-hydrogen) atoms. The Morgan fingerprint density at radius 2 is 1.65 bits per heavy atom. The van der Waals surface area contributed by atoms with E-state index in [-0.39, 0.29) is 0 Å². The normalized spacial score (nSPS) is 16.4. The van der Waals surface area contributed by atoms with E-state index in [0.717, 1.165) is 18.7 Å². The highest BCUT2D eigenvalue weighted by molar-refractivity contribution is 5.30. The molecule has 0 saturated carbocycles. The van der Waals surface area contributed by atoms with Gasteiger partial charge in [0.2, 0.25) is 0 Å². The van der Waals surface area contributed by atoms with Crippen LogP contribution >= 0.6 is 0 Å². The molecule has 0 bridgehead atoms. The largest absolute Gasteiger partial charge is 0.489 e. The fourth-order valence-corrected chi connectivity index (χ4v) is 3.30. The van der Waals surface area contributed by atoms with Crippen molar-refractivity contribution in [3.05, 3.63) is 65.7 Å². The lowest BCUT2D eigenvalue weighted by Gasteiger charge is -2.27. The summed E-state index contributed by atoms with van der Waals surface area (Å²) >= 11 is 0. The summed E-state index contributed by atoms with van der Waals surface area (Å²) in [6.45, 7) is 3.72. The lowest BCUT2D eigenvalue weighted by molar-refractivity contribution is 0.235. The van der Waals surface area contributed by atoms with E-state index in [4.69, 9.17) is 10.5 Å². The molecule has 1 unspecified atom stereocenters. The number of hydrogen-bond donors (Lipinski definition) is 1. The minimum absolute atomic E-state index is 0.450. The SMILES string of the molecule is NCCC(c1ccc(OCc2ccccc2)cc1)N1CCCC1. The average molecular weight is 310 g/mol. The van der Waals surface area contributed by atoms with Gasteiger partial charge in [0.15, 0.2) is 0 Å². The number of hydrogen-bond acceptors (Lipinski definition) is 3. The molecule has 1 atom stereocenters. The highest BCUT2D eigenvalue weighted by Gasteiger charge is 2.22. The third kappa shape index (κ3) is 4.34. The standard InChI is InChI=1S/C20H26N2O/c21-13-12-20(22-14-4-5-15-22)18-8-10-19(11-9-18)23-16-17-6-2-1-3-7-17/h1-3,6-11,20H,4-5,12-16,21H2. The molecule has 2 aromatic carbocycles. The van der Waals surface area contributed by atoms with Crippen molar-refractivity contribution in [3.8, 4) is 5.75 Å². The molecule has 0 amide bonds. The average Bonchev–Trinajstić information content (AvgIpc) is 3.14. The van der Waals surface area contributed by atoms with Gasteiger partial charge in [-0.15, -0.1) is 0 Å². The van der Waals surface area contributed by atoms with Crippen molar-refractivity contribution in [2.24, 2.45) is 5.73 Å². The smallest absolute Gasteiger partial charge is 0.119 e. The van der Waals surface area contributed by atoms with Crippen molar-refractivity contribution in [2.75, 3.05) is 19.6 Å². The van der Waals surface area contributed by atoms with Crippen LogP contribution in [0.2, 0.25) is 0 Å². The predicted octanol–water partition coefficient (Wildman–Crippen LogP) is 3.75. The molecule has 1 fully saturated rings. The van der Waals surface area contributed by atoms with Crippen molar-refractivity contribution < 1.29 is 4.74 Å². The van der Waals surface area contributed by atoms with Crippen LogP contribution in [0.5, 0.6) is 5.75 Å². The molecule has 3 rings (SSSR count). The van der Waals surface area contributed by atoms with Gasteiger partial charge in [0, 0.05) is 6.04 Å². The van der Waals surface area contributed by atoms with Crippen LogP contribution in [0.3, 0.4) is 0 Å². The monoisotopic (exact) mass is 310 g/mol. The molecular formula is C20H26N2O. The molecule has 1 saturated heterocycles. The summed E-state index contributed by atoms with van der Waals surface area (Å²) in [5, 5.41) is 0. The number of benzene rings is 2. The second-order valence-electron chi connectivity index (χ2n) is 6.18. The van der Waals surface area contributed by atoms with Crippen molar-refractivity contribution >= 4 is 0 Å². The first kappa shape index (κ1) is 16.0. The van der Waals surface area contributed by atoms with Gasteiger partial charge in [0.1, 0.15) is 12.4 Å². The van der Waals surface area contributed by atoms with Crippen molar-refractivity contribution in [1.82, 2.24) is 4.90 Å². The van der Waals surface area contributed by atoms with Crippen LogP contribution in [0, 0.1) is 0 Å². The zero-order valence-corrected chi connectivity index (χ0v) is 13.7. The van der Waals surface area contributed by atoms with Gasteiger partial charge in [-0.1, -0.05) is 42.5 Å². The molecule has 1 aliphatic heterocycles. The zero-order valence-electron chi connectivity index (χ0n) is 13.7. The Morgan fingerprint density at radius 3 is 2.30 bits per heavy atom. The minimum Gasteiger partial charge on any atom is -0.489 e. The van der Waals surface area contributed by atoms with Crippen LogP contribution in [-0.4, -0.2) is 24.5 Å². The van der Waals surface area contributed by atoms with Crippen LogP contribution in [-0.2, 0) is 6.61 Å². The molecule has 3 heteroatoms. The molecule has 0 radical (unpaired) electrons. The quantitative estimate of drug-likeness (QED) is 0.846. The van der Waals surface area contributed by atoms with Crippen LogP contribution in [0.15, 0.2) is 54.6 Å². The summed E-state index contributed by atoms with van der Waals surface area (Å²) in [5.74, 6) is 0.922. The molecule has 3 nitrogen and oxygen atoms in total. The predicted molar refractivity (Wildman–Crippen MR) is 94.4 cm³/mol. The second-order valence-corrected chi connectivity index (χ2v) is 6.18. The maximum Gasteiger partial charge on any atom is 0.119 e. The Bertz CT molecular complexity index is 576. The van der Waals surface area contributed by atoms with E-state index in [9.17, 15) is 0 Å². The first-order valence-electron chi connectivity index (χ1n) is 8.57. The fourth-order valence-electron chi connectivity index (χ4n) is 3.30. The maximum absolute atomic E-state index is 5.87. The number of likely N-dealkylation sites (tertiary alicyclic amines) is 1. The Kier molecular flexibility index (Phi) is 5.67. The number of rotatable bonds is 7. The molecule has 0 aliphatic carbocycles. The lowest BCUT2D eigenvalue weighted by atomic mass is 10.0. The Morgan fingerprint density at radius 1 is 0.957 bits per heavy atom. The highest BCUT2D eigenvalue weighted by Crippen LogP contribution is 2.29. The Balaban J connectivity index is 1.63. The Hall–Kier alpha value is -1.84. The maximum atomic E-state index is 5.87. The summed E-state index contributed by atoms with van der Waals surface area (Å²) < 4.78 is 5.87. The summed E-state index contributed by atoms with van der Waals surface area (Å²) in [6.07, 6.45) is 3.63. The van der Waals surface area contributed by atoms with E-state index in [1.54, 1.807) is 0 Å². The molecule has 2 N–H and O–H groups in total. The minimum atomic E-state index is 0.450. The number of ether oxygens (including phenoxy) is 1. The van der Waals surface area contributed by atoms with Gasteiger partial charge in [-0.05, 0) is 62.2 Å². The van der Waals surface area contributed by atoms with Gasteiger partial charge < -0.3 is 10.5 Å². The van der Waals surface area contributed by atoms with Gasteiger partial charge in [-0.3, -0.25) is 4.90 Å². The van der Waals surface area contributed by atoms with E-state index in [1.165, 1.54) is 37.1 Å². The highest BCUT2D eigenvalue weighted by atomic mass is 16.5. The van der Waals surface area contributed by atoms with Crippen LogP contribution < -0.4 is 10.5 Å². The molecule has 122 valence electrons. The molecule has 1 heterocycles. The van der Waals surface area contributed by atoms with Crippen LogP contribution in [0.25, 0.3) is 0 Å². The Labute approximate surface area is 139 Å².